The van der Waals surface area contributed by atoms with Gasteiger partial charge in [0, 0.05) is 12.4 Å². The molecule has 12 heavy (non-hydrogen) atoms. The fourth-order valence-electron chi connectivity index (χ4n) is 0.118. The van der Waals surface area contributed by atoms with E-state index in [2.05, 4.69) is 13.2 Å². The van der Waals surface area contributed by atoms with Crippen LogP contribution in [0.1, 0.15) is 6.42 Å². The summed E-state index contributed by atoms with van der Waals surface area (Å²) in [4.78, 5) is 18.6. The minimum Gasteiger partial charge on any atom is -0.550 e. The Labute approximate surface area is 90.7 Å². The van der Waals surface area contributed by atoms with E-state index in [1.54, 1.807) is 0 Å². The first kappa shape index (κ1) is 17.4. The zero-order chi connectivity index (χ0) is 9.28. The van der Waals surface area contributed by atoms with Gasteiger partial charge in [0.25, 0.3) is 0 Å². The third-order valence-corrected chi connectivity index (χ3v) is 0.478. The van der Waals surface area contributed by atoms with Gasteiger partial charge in [0.1, 0.15) is 0 Å². The van der Waals surface area contributed by atoms with E-state index < -0.39 is 11.9 Å². The molecule has 0 aliphatic heterocycles. The van der Waals surface area contributed by atoms with Crippen LogP contribution >= 0.6 is 0 Å². The molecule has 2 radical (unpaired) electrons. The van der Waals surface area contributed by atoms with Gasteiger partial charge in [-0.05, 0) is 6.08 Å². The molecule has 64 valence electrons. The van der Waals surface area contributed by atoms with Gasteiger partial charge in [0.05, 0.1) is 5.97 Å². The van der Waals surface area contributed by atoms with E-state index in [0.717, 1.165) is 6.08 Å². The zero-order valence-corrected chi connectivity index (χ0v) is 10.3. The van der Waals surface area contributed by atoms with E-state index in [4.69, 9.17) is 9.90 Å². The maximum atomic E-state index is 9.42. The maximum absolute atomic E-state index is 9.42. The number of hydrogen-bond acceptors (Lipinski definition) is 4. The van der Waals surface area contributed by atoms with Crippen LogP contribution in [0.5, 0.6) is 0 Å². The molecule has 0 amide bonds. The van der Waals surface area contributed by atoms with Crippen molar-refractivity contribution >= 4 is 39.2 Å². The molecule has 5 heteroatoms. The van der Waals surface area contributed by atoms with E-state index in [0.29, 0.717) is 0 Å². The first-order valence-corrected chi connectivity index (χ1v) is 2.68. The molecule has 0 saturated carbocycles. The molecule has 0 heterocycles. The van der Waals surface area contributed by atoms with Crippen molar-refractivity contribution in [2.45, 2.75) is 6.42 Å². The number of carbonyl (C=O) groups excluding carboxylic acids is 2. The molecule has 0 saturated heterocycles. The smallest absolute Gasteiger partial charge is 0.550 e. The minimum absolute atomic E-state index is 0. The van der Waals surface area contributed by atoms with Crippen molar-refractivity contribution in [3.05, 3.63) is 25.3 Å². The van der Waals surface area contributed by atoms with Crippen molar-refractivity contribution in [1.29, 1.82) is 0 Å². The molecule has 0 atom stereocenters. The third-order valence-electron chi connectivity index (χ3n) is 0.478. The Bertz CT molecular complexity index is 165. The Kier molecular flexibility index (Phi) is 18.8. The Morgan fingerprint density at radius 3 is 1.58 bits per heavy atom. The standard InChI is InChI=1S/C4H6O2.C3H4O2.Pb/c1-2-3-4(5)6;1-2-3(4)5;/h2H,1,3H2,(H,5,6);2H,1H2,(H,4,5);/q;;+2/p-2. The predicted octanol–water partition coefficient (Wildman–Crippen LogP) is -2.15. The summed E-state index contributed by atoms with van der Waals surface area (Å²) in [6.07, 6.45) is 1.95. The summed E-state index contributed by atoms with van der Waals surface area (Å²) >= 11 is 0. The zero-order valence-electron chi connectivity index (χ0n) is 6.41. The summed E-state index contributed by atoms with van der Waals surface area (Å²) < 4.78 is 0. The number of rotatable bonds is 3. The Hall–Kier alpha value is -0.658. The summed E-state index contributed by atoms with van der Waals surface area (Å²) in [5.41, 5.74) is 0. The monoisotopic (exact) mass is 364 g/mol. The summed E-state index contributed by atoms with van der Waals surface area (Å²) in [6, 6.07) is 0. The number of hydrogen-bond donors (Lipinski definition) is 0. The molecule has 0 spiro atoms. The Morgan fingerprint density at radius 1 is 1.25 bits per heavy atom. The van der Waals surface area contributed by atoms with Gasteiger partial charge in [-0.3, -0.25) is 0 Å². The molecule has 0 bridgehead atoms. The average molecular weight is 363 g/mol. The summed E-state index contributed by atoms with van der Waals surface area (Å²) in [5, 5.41) is 18.6. The van der Waals surface area contributed by atoms with E-state index in [1.165, 1.54) is 6.08 Å². The normalized spacial score (nSPS) is 6.33. The van der Waals surface area contributed by atoms with Crippen LogP contribution in [0.2, 0.25) is 0 Å². The topological polar surface area (TPSA) is 80.3 Å². The molecule has 0 unspecified atom stereocenters. The number of aliphatic carboxylic acids is 2. The van der Waals surface area contributed by atoms with Crippen molar-refractivity contribution in [2.75, 3.05) is 0 Å². The summed E-state index contributed by atoms with van der Waals surface area (Å²) in [6.45, 7) is 6.08. The number of carboxylic acids is 2. The van der Waals surface area contributed by atoms with Crippen molar-refractivity contribution in [1.82, 2.24) is 0 Å². The molecular formula is C7H8O4Pb. The van der Waals surface area contributed by atoms with Crippen LogP contribution in [0.15, 0.2) is 25.3 Å². The second-order valence-electron chi connectivity index (χ2n) is 1.39. The Balaban J connectivity index is -0.000000126. The first-order valence-electron chi connectivity index (χ1n) is 2.68. The van der Waals surface area contributed by atoms with Gasteiger partial charge >= 0.3 is 27.3 Å². The van der Waals surface area contributed by atoms with Gasteiger partial charge in [-0.1, -0.05) is 12.7 Å². The van der Waals surface area contributed by atoms with E-state index >= 15 is 0 Å². The average Bonchev–Trinajstić information content (AvgIpc) is 1.89. The predicted molar refractivity (Wildman–Crippen MR) is 40.8 cm³/mol. The van der Waals surface area contributed by atoms with Gasteiger partial charge in [-0.2, -0.15) is 0 Å². The molecule has 0 N–H and O–H groups in total. The third kappa shape index (κ3) is 34.5. The van der Waals surface area contributed by atoms with Crippen LogP contribution in [0.3, 0.4) is 0 Å². The van der Waals surface area contributed by atoms with Crippen molar-refractivity contribution in [3.63, 3.8) is 0 Å². The Morgan fingerprint density at radius 2 is 1.58 bits per heavy atom. The molecule has 4 nitrogen and oxygen atoms in total. The molecule has 0 aromatic carbocycles. The van der Waals surface area contributed by atoms with Crippen LogP contribution in [0, 0.1) is 0 Å². The summed E-state index contributed by atoms with van der Waals surface area (Å²) in [7, 11) is 0. The van der Waals surface area contributed by atoms with Crippen molar-refractivity contribution in [2.24, 2.45) is 0 Å². The van der Waals surface area contributed by atoms with Crippen LogP contribution in [0.25, 0.3) is 0 Å². The molecule has 0 aromatic heterocycles. The molecular weight excluding hydrogens is 355 g/mol. The fourth-order valence-corrected chi connectivity index (χ4v) is 0.118. The fraction of sp³-hybridized carbons (Fsp3) is 0.143. The molecule has 0 rings (SSSR count). The quantitative estimate of drug-likeness (QED) is 0.326. The second kappa shape index (κ2) is 13.0. The van der Waals surface area contributed by atoms with Crippen LogP contribution in [-0.2, 0) is 9.59 Å². The van der Waals surface area contributed by atoms with Gasteiger partial charge in [-0.15, -0.1) is 6.58 Å². The van der Waals surface area contributed by atoms with Gasteiger partial charge in [-0.25, -0.2) is 0 Å². The van der Waals surface area contributed by atoms with Gasteiger partial charge in [0.2, 0.25) is 0 Å². The van der Waals surface area contributed by atoms with E-state index in [-0.39, 0.29) is 33.7 Å². The van der Waals surface area contributed by atoms with E-state index in [1.807, 2.05) is 0 Å². The molecule has 0 aromatic rings. The molecule has 0 fully saturated rings. The van der Waals surface area contributed by atoms with E-state index in [9.17, 15) is 9.90 Å². The van der Waals surface area contributed by atoms with Crippen molar-refractivity contribution < 1.29 is 19.8 Å². The number of carboxylic acid groups (broad SMARTS) is 2. The molecule has 0 aliphatic rings. The molecule has 0 aliphatic carbocycles. The minimum atomic E-state index is -1.23. The van der Waals surface area contributed by atoms with Crippen LogP contribution in [0.4, 0.5) is 0 Å². The van der Waals surface area contributed by atoms with Gasteiger partial charge < -0.3 is 19.8 Å². The maximum Gasteiger partial charge on any atom is 2.00 e. The van der Waals surface area contributed by atoms with Crippen LogP contribution < -0.4 is 10.2 Å². The summed E-state index contributed by atoms with van der Waals surface area (Å²) in [5.74, 6) is -2.31. The second-order valence-corrected chi connectivity index (χ2v) is 1.39. The van der Waals surface area contributed by atoms with Crippen molar-refractivity contribution in [3.8, 4) is 0 Å². The number of carbonyl (C=O) groups is 2. The van der Waals surface area contributed by atoms with Crippen LogP contribution in [-0.4, -0.2) is 39.2 Å². The first-order chi connectivity index (χ1) is 5.04. The largest absolute Gasteiger partial charge is 2.00 e. The SMILES string of the molecule is C=CC(=O)[O-].C=CCC(=O)[O-].[Pb+2]. The van der Waals surface area contributed by atoms with Gasteiger partial charge in [0.15, 0.2) is 0 Å².